The number of nitrogens with zero attached hydrogens (tertiary/aromatic N) is 5. The second-order valence-electron chi connectivity index (χ2n) is 5.61. The van der Waals surface area contributed by atoms with Gasteiger partial charge in [0.1, 0.15) is 9.88 Å². The Balaban J connectivity index is 2.01. The first-order valence-electron chi connectivity index (χ1n) is 7.79. The van der Waals surface area contributed by atoms with Crippen LogP contribution in [0.4, 0.5) is 5.13 Å². The van der Waals surface area contributed by atoms with E-state index in [9.17, 15) is 9.90 Å². The third kappa shape index (κ3) is 3.20. The Bertz CT molecular complexity index is 1290. The van der Waals surface area contributed by atoms with Crippen molar-refractivity contribution in [2.45, 2.75) is 13.5 Å². The van der Waals surface area contributed by atoms with Crippen molar-refractivity contribution in [3.63, 3.8) is 0 Å². The molecule has 0 atom stereocenters. The number of rotatable bonds is 4. The van der Waals surface area contributed by atoms with Gasteiger partial charge in [0.25, 0.3) is 5.91 Å². The smallest absolute Gasteiger partial charge is 0.279 e. The topological polar surface area (TPSA) is 92.7 Å². The highest BCUT2D eigenvalue weighted by Gasteiger charge is 2.25. The Morgan fingerprint density at radius 3 is 2.89 bits per heavy atom. The summed E-state index contributed by atoms with van der Waals surface area (Å²) >= 11 is 5.97. The van der Waals surface area contributed by atoms with Gasteiger partial charge in [-0.1, -0.05) is 44.7 Å². The van der Waals surface area contributed by atoms with Crippen LogP contribution in [0.5, 0.6) is 5.88 Å². The summed E-state index contributed by atoms with van der Waals surface area (Å²) in [6.07, 6.45) is 1.65. The van der Waals surface area contributed by atoms with E-state index in [4.69, 9.17) is 0 Å². The van der Waals surface area contributed by atoms with Gasteiger partial charge in [0.15, 0.2) is 4.80 Å². The maximum atomic E-state index is 12.5. The van der Waals surface area contributed by atoms with Gasteiger partial charge in [0.05, 0.1) is 10.9 Å². The number of aryl methyl sites for hydroxylation is 1. The van der Waals surface area contributed by atoms with Crippen molar-refractivity contribution in [2.75, 3.05) is 0 Å². The molecule has 0 fully saturated rings. The number of aromatic nitrogens is 3. The van der Waals surface area contributed by atoms with Gasteiger partial charge < -0.3 is 5.11 Å². The lowest BCUT2D eigenvalue weighted by Crippen LogP contribution is -2.22. The van der Waals surface area contributed by atoms with E-state index in [0.29, 0.717) is 37.5 Å². The molecule has 3 aromatic rings. The molecule has 0 saturated heterocycles. The zero-order valence-corrected chi connectivity index (χ0v) is 17.2. The molecule has 10 heteroatoms. The molecule has 0 bridgehead atoms. The van der Waals surface area contributed by atoms with Crippen LogP contribution in [0.15, 0.2) is 45.3 Å². The van der Waals surface area contributed by atoms with Crippen LogP contribution in [0.25, 0.3) is 5.57 Å². The van der Waals surface area contributed by atoms with Crippen LogP contribution in [0.2, 0.25) is 0 Å². The summed E-state index contributed by atoms with van der Waals surface area (Å²) in [4.78, 5) is 22.0. The SMILES string of the molecule is C=CCn1c(O)c(C2=c3cc(Br)ccc3=NC2=O)s/c1=N/c1nnc(C)s1. The first kappa shape index (κ1) is 18.0. The molecule has 1 aliphatic heterocycles. The number of halogens is 1. The van der Waals surface area contributed by atoms with Crippen molar-refractivity contribution in [2.24, 2.45) is 9.98 Å². The van der Waals surface area contributed by atoms with Gasteiger partial charge in [-0.25, -0.2) is 4.99 Å². The zero-order chi connectivity index (χ0) is 19.1. The minimum Gasteiger partial charge on any atom is -0.493 e. The standard InChI is InChI=1S/C17H12BrN5O2S2/c1-3-6-23-15(25)13(27-17(23)20-16-22-21-8(2)26-16)12-10-7-9(18)4-5-11(10)19-14(12)24/h3-5,7,25H,1,6H2,2H3/b20-17+. The van der Waals surface area contributed by atoms with Crippen molar-refractivity contribution in [3.8, 4) is 5.88 Å². The predicted molar refractivity (Wildman–Crippen MR) is 106 cm³/mol. The highest BCUT2D eigenvalue weighted by atomic mass is 79.9. The molecule has 3 heterocycles. The molecule has 0 unspecified atom stereocenters. The highest BCUT2D eigenvalue weighted by Crippen LogP contribution is 2.29. The summed E-state index contributed by atoms with van der Waals surface area (Å²) in [6, 6.07) is 5.41. The lowest BCUT2D eigenvalue weighted by Gasteiger charge is -2.02. The molecule has 0 saturated carbocycles. The van der Waals surface area contributed by atoms with Crippen molar-refractivity contribution in [1.82, 2.24) is 14.8 Å². The molecule has 1 amide bonds. The lowest BCUT2D eigenvalue weighted by atomic mass is 10.1. The monoisotopic (exact) mass is 461 g/mol. The van der Waals surface area contributed by atoms with E-state index >= 15 is 0 Å². The van der Waals surface area contributed by atoms with Crippen LogP contribution in [0, 0.1) is 6.92 Å². The molecular formula is C17H12BrN5O2S2. The van der Waals surface area contributed by atoms with Crippen LogP contribution < -0.4 is 15.4 Å². The summed E-state index contributed by atoms with van der Waals surface area (Å²) in [5.74, 6) is -0.435. The van der Waals surface area contributed by atoms with E-state index in [1.807, 2.05) is 19.1 Å². The first-order chi connectivity index (χ1) is 13.0. The van der Waals surface area contributed by atoms with Crippen molar-refractivity contribution in [1.29, 1.82) is 0 Å². The van der Waals surface area contributed by atoms with E-state index in [1.54, 1.807) is 16.7 Å². The first-order valence-corrected chi connectivity index (χ1v) is 10.2. The Morgan fingerprint density at radius 2 is 2.19 bits per heavy atom. The van der Waals surface area contributed by atoms with Gasteiger partial charge in [-0.3, -0.25) is 9.36 Å². The number of aromatic hydroxyl groups is 1. The van der Waals surface area contributed by atoms with Crippen LogP contribution in [0.1, 0.15) is 9.88 Å². The molecule has 27 heavy (non-hydrogen) atoms. The van der Waals surface area contributed by atoms with E-state index in [-0.39, 0.29) is 11.8 Å². The summed E-state index contributed by atoms with van der Waals surface area (Å²) in [6.45, 7) is 5.90. The van der Waals surface area contributed by atoms with Gasteiger partial charge in [-0.2, -0.15) is 4.99 Å². The number of carbonyl (C=O) groups excluding carboxylic acids is 1. The molecule has 7 nitrogen and oxygen atoms in total. The van der Waals surface area contributed by atoms with Crippen LogP contribution >= 0.6 is 38.6 Å². The summed E-state index contributed by atoms with van der Waals surface area (Å²) in [7, 11) is 0. The number of fused-ring (bicyclic) bond motifs is 1. The van der Waals surface area contributed by atoms with Crippen molar-refractivity contribution < 1.29 is 9.90 Å². The zero-order valence-electron chi connectivity index (χ0n) is 14.0. The fourth-order valence-electron chi connectivity index (χ4n) is 2.66. The van der Waals surface area contributed by atoms with Gasteiger partial charge in [-0.05, 0) is 25.1 Å². The second kappa shape index (κ2) is 6.95. The normalized spacial score (nSPS) is 13.8. The quantitative estimate of drug-likeness (QED) is 0.600. The summed E-state index contributed by atoms with van der Waals surface area (Å²) < 4.78 is 2.41. The van der Waals surface area contributed by atoms with E-state index < -0.39 is 0 Å². The number of carbonyl (C=O) groups is 1. The van der Waals surface area contributed by atoms with Crippen molar-refractivity contribution in [3.05, 3.63) is 60.6 Å². The van der Waals surface area contributed by atoms with E-state index in [1.165, 1.54) is 22.7 Å². The average Bonchev–Trinajstić information content (AvgIpc) is 3.26. The minimum absolute atomic E-state index is 0.0498. The molecule has 4 rings (SSSR count). The van der Waals surface area contributed by atoms with Gasteiger partial charge in [0, 0.05) is 16.2 Å². The lowest BCUT2D eigenvalue weighted by molar-refractivity contribution is -0.112. The molecule has 136 valence electrons. The van der Waals surface area contributed by atoms with Gasteiger partial charge >= 0.3 is 0 Å². The second-order valence-corrected chi connectivity index (χ2v) is 8.66. The van der Waals surface area contributed by atoms with Crippen LogP contribution in [0.3, 0.4) is 0 Å². The number of benzene rings is 1. The van der Waals surface area contributed by atoms with Crippen molar-refractivity contribution >= 4 is 55.2 Å². The number of amides is 1. The molecular weight excluding hydrogens is 450 g/mol. The van der Waals surface area contributed by atoms with E-state index in [2.05, 4.69) is 42.7 Å². The third-order valence-corrected chi connectivity index (χ3v) is 6.10. The number of hydrogen-bond acceptors (Lipinski definition) is 7. The fourth-order valence-corrected chi connectivity index (χ4v) is 4.73. The number of thiazole rings is 1. The summed E-state index contributed by atoms with van der Waals surface area (Å²) in [5.41, 5.74) is 0.363. The molecule has 0 spiro atoms. The molecule has 1 aromatic carbocycles. The average molecular weight is 462 g/mol. The molecule has 2 aromatic heterocycles. The van der Waals surface area contributed by atoms with Gasteiger partial charge in [0.2, 0.25) is 11.0 Å². The highest BCUT2D eigenvalue weighted by molar-refractivity contribution is 9.10. The van der Waals surface area contributed by atoms with Crippen LogP contribution in [-0.4, -0.2) is 25.8 Å². The minimum atomic E-state index is -0.385. The number of hydrogen-bond donors (Lipinski definition) is 1. The van der Waals surface area contributed by atoms with Gasteiger partial charge in [-0.15, -0.1) is 16.8 Å². The predicted octanol–water partition coefficient (Wildman–Crippen LogP) is 1.95. The summed E-state index contributed by atoms with van der Waals surface area (Å²) in [5, 5.41) is 21.3. The Kier molecular flexibility index (Phi) is 4.62. The Labute approximate surface area is 169 Å². The molecule has 0 radical (unpaired) electrons. The third-order valence-electron chi connectivity index (χ3n) is 3.79. The molecule has 1 N–H and O–H groups in total. The fraction of sp³-hybridized carbons (Fsp3) is 0.118. The van der Waals surface area contributed by atoms with E-state index in [0.717, 1.165) is 9.48 Å². The maximum absolute atomic E-state index is 12.5. The molecule has 1 aliphatic rings. The Hall–Kier alpha value is -2.43. The number of allylic oxidation sites excluding steroid dienone is 1. The largest absolute Gasteiger partial charge is 0.493 e. The Morgan fingerprint density at radius 1 is 1.37 bits per heavy atom. The maximum Gasteiger partial charge on any atom is 0.279 e. The molecule has 0 aliphatic carbocycles. The van der Waals surface area contributed by atoms with Crippen LogP contribution in [-0.2, 0) is 11.3 Å².